The molecular weight excluding hydrogens is 234 g/mol. The summed E-state index contributed by atoms with van der Waals surface area (Å²) in [5.41, 5.74) is 0.454. The van der Waals surface area contributed by atoms with Crippen LogP contribution in [0.1, 0.15) is 44.8 Å². The van der Waals surface area contributed by atoms with Gasteiger partial charge in [-0.2, -0.15) is 0 Å². The maximum atomic E-state index is 10.5. The molecule has 2 atom stereocenters. The number of hydrogen-bond acceptors (Lipinski definition) is 4. The van der Waals surface area contributed by atoms with Gasteiger partial charge in [0.05, 0.1) is 22.4 Å². The fourth-order valence-electron chi connectivity index (χ4n) is 2.00. The van der Waals surface area contributed by atoms with Gasteiger partial charge in [0, 0.05) is 30.2 Å². The molecule has 17 heavy (non-hydrogen) atoms. The van der Waals surface area contributed by atoms with Crippen LogP contribution in [0.3, 0.4) is 0 Å². The molecule has 2 unspecified atom stereocenters. The molecule has 0 bridgehead atoms. The van der Waals surface area contributed by atoms with Crippen molar-refractivity contribution in [2.45, 2.75) is 57.7 Å². The highest BCUT2D eigenvalue weighted by Crippen LogP contribution is 2.32. The molecule has 1 aliphatic heterocycles. The van der Waals surface area contributed by atoms with Gasteiger partial charge >= 0.3 is 0 Å². The van der Waals surface area contributed by atoms with E-state index in [1.165, 1.54) is 0 Å². The Labute approximate surface area is 107 Å². The first-order valence-corrected chi connectivity index (χ1v) is 6.98. The summed E-state index contributed by atoms with van der Waals surface area (Å²) in [5.74, 6) is 0. The smallest absolute Gasteiger partial charge is 0.0990 e. The Morgan fingerprint density at radius 3 is 2.76 bits per heavy atom. The van der Waals surface area contributed by atoms with Gasteiger partial charge in [0.1, 0.15) is 0 Å². The Bertz CT molecular complexity index is 396. The zero-order valence-electron chi connectivity index (χ0n) is 11.0. The Morgan fingerprint density at radius 2 is 2.29 bits per heavy atom. The second-order valence-corrected chi connectivity index (χ2v) is 6.86. The summed E-state index contributed by atoms with van der Waals surface area (Å²) in [4.78, 5) is 4.63. The van der Waals surface area contributed by atoms with Gasteiger partial charge in [-0.05, 0) is 6.92 Å². The molecule has 1 aliphatic rings. The van der Waals surface area contributed by atoms with Crippen LogP contribution in [-0.2, 0) is 16.6 Å². The van der Waals surface area contributed by atoms with Crippen molar-refractivity contribution in [3.63, 3.8) is 0 Å². The van der Waals surface area contributed by atoms with Gasteiger partial charge in [0.2, 0.25) is 0 Å². The van der Waals surface area contributed by atoms with E-state index in [1.807, 2.05) is 6.92 Å². The first-order chi connectivity index (χ1) is 7.81. The van der Waals surface area contributed by atoms with Crippen molar-refractivity contribution in [1.29, 1.82) is 0 Å². The van der Waals surface area contributed by atoms with E-state index in [0.29, 0.717) is 19.4 Å². The molecule has 0 spiro atoms. The van der Waals surface area contributed by atoms with Crippen molar-refractivity contribution in [1.82, 2.24) is 4.98 Å². The maximum Gasteiger partial charge on any atom is 0.0990 e. The van der Waals surface area contributed by atoms with E-state index in [4.69, 9.17) is 4.74 Å². The SMILES string of the molecule is CC1OCCC1(O)Cc1nc(C(C)(C)C)cs1. The average molecular weight is 255 g/mol. The average Bonchev–Trinajstić information content (AvgIpc) is 2.75. The second-order valence-electron chi connectivity index (χ2n) is 5.92. The van der Waals surface area contributed by atoms with Crippen LogP contribution in [-0.4, -0.2) is 28.4 Å². The molecule has 1 N–H and O–H groups in total. The van der Waals surface area contributed by atoms with E-state index >= 15 is 0 Å². The van der Waals surface area contributed by atoms with Crippen LogP contribution in [0.4, 0.5) is 0 Å². The standard InChI is InChI=1S/C13H21NO2S/c1-9-13(15,5-6-16-9)7-11-14-10(8-17-11)12(2,3)4/h8-9,15H,5-7H2,1-4H3. The summed E-state index contributed by atoms with van der Waals surface area (Å²) in [7, 11) is 0. The lowest BCUT2D eigenvalue weighted by molar-refractivity contribution is -0.0269. The Hall–Kier alpha value is -0.450. The van der Waals surface area contributed by atoms with Crippen molar-refractivity contribution >= 4 is 11.3 Å². The third kappa shape index (κ3) is 2.69. The minimum atomic E-state index is -0.729. The molecule has 0 radical (unpaired) electrons. The number of rotatable bonds is 2. The Kier molecular flexibility index (Phi) is 3.31. The predicted octanol–water partition coefficient (Wildman–Crippen LogP) is 2.52. The van der Waals surface area contributed by atoms with Crippen molar-refractivity contribution in [3.05, 3.63) is 16.1 Å². The van der Waals surface area contributed by atoms with Crippen molar-refractivity contribution in [2.75, 3.05) is 6.61 Å². The number of nitrogens with zero attached hydrogens (tertiary/aromatic N) is 1. The topological polar surface area (TPSA) is 42.4 Å². The molecule has 0 amide bonds. The summed E-state index contributed by atoms with van der Waals surface area (Å²) in [6.45, 7) is 9.05. The third-order valence-electron chi connectivity index (χ3n) is 3.44. The van der Waals surface area contributed by atoms with E-state index in [9.17, 15) is 5.11 Å². The van der Waals surface area contributed by atoms with Crippen molar-refractivity contribution < 1.29 is 9.84 Å². The van der Waals surface area contributed by atoms with Gasteiger partial charge in [0.15, 0.2) is 0 Å². The molecule has 2 rings (SSSR count). The largest absolute Gasteiger partial charge is 0.387 e. The minimum Gasteiger partial charge on any atom is -0.387 e. The van der Waals surface area contributed by atoms with Crippen LogP contribution in [0.25, 0.3) is 0 Å². The maximum absolute atomic E-state index is 10.5. The first kappa shape index (κ1) is 13.0. The van der Waals surface area contributed by atoms with Crippen molar-refractivity contribution in [3.8, 4) is 0 Å². The molecule has 1 aromatic rings. The zero-order chi connectivity index (χ0) is 12.7. The van der Waals surface area contributed by atoms with Crippen LogP contribution < -0.4 is 0 Å². The molecule has 0 aromatic carbocycles. The molecule has 1 fully saturated rings. The highest BCUT2D eigenvalue weighted by Gasteiger charge is 2.40. The Balaban J connectivity index is 2.12. The van der Waals surface area contributed by atoms with Crippen LogP contribution in [0.15, 0.2) is 5.38 Å². The van der Waals surface area contributed by atoms with E-state index in [-0.39, 0.29) is 11.5 Å². The lowest BCUT2D eigenvalue weighted by Crippen LogP contribution is -2.38. The molecule has 1 saturated heterocycles. The fraction of sp³-hybridized carbons (Fsp3) is 0.769. The molecule has 0 saturated carbocycles. The molecule has 1 aromatic heterocycles. The van der Waals surface area contributed by atoms with Crippen LogP contribution in [0, 0.1) is 0 Å². The molecule has 3 nitrogen and oxygen atoms in total. The number of hydrogen-bond donors (Lipinski definition) is 1. The number of aliphatic hydroxyl groups is 1. The van der Waals surface area contributed by atoms with E-state index in [0.717, 1.165) is 10.7 Å². The quantitative estimate of drug-likeness (QED) is 0.883. The van der Waals surface area contributed by atoms with Gasteiger partial charge in [-0.1, -0.05) is 20.8 Å². The summed E-state index contributed by atoms with van der Waals surface area (Å²) >= 11 is 1.64. The van der Waals surface area contributed by atoms with Crippen LogP contribution in [0.2, 0.25) is 0 Å². The van der Waals surface area contributed by atoms with Crippen LogP contribution >= 0.6 is 11.3 Å². The van der Waals surface area contributed by atoms with E-state index in [1.54, 1.807) is 11.3 Å². The molecule has 4 heteroatoms. The first-order valence-electron chi connectivity index (χ1n) is 6.10. The van der Waals surface area contributed by atoms with Gasteiger partial charge in [0.25, 0.3) is 0 Å². The number of aromatic nitrogens is 1. The zero-order valence-corrected chi connectivity index (χ0v) is 11.8. The molecule has 0 aliphatic carbocycles. The summed E-state index contributed by atoms with van der Waals surface area (Å²) < 4.78 is 5.44. The molecule has 2 heterocycles. The van der Waals surface area contributed by atoms with Gasteiger partial charge in [-0.25, -0.2) is 4.98 Å². The number of thiazole rings is 1. The molecule has 96 valence electrons. The lowest BCUT2D eigenvalue weighted by atomic mass is 9.92. The minimum absolute atomic E-state index is 0.0785. The predicted molar refractivity (Wildman–Crippen MR) is 69.5 cm³/mol. The summed E-state index contributed by atoms with van der Waals surface area (Å²) in [5, 5.41) is 13.6. The van der Waals surface area contributed by atoms with Crippen LogP contribution in [0.5, 0.6) is 0 Å². The van der Waals surface area contributed by atoms with Gasteiger partial charge in [-0.3, -0.25) is 0 Å². The fourth-order valence-corrected chi connectivity index (χ4v) is 3.14. The monoisotopic (exact) mass is 255 g/mol. The lowest BCUT2D eigenvalue weighted by Gasteiger charge is -2.24. The van der Waals surface area contributed by atoms with E-state index in [2.05, 4.69) is 31.1 Å². The van der Waals surface area contributed by atoms with Gasteiger partial charge < -0.3 is 9.84 Å². The van der Waals surface area contributed by atoms with E-state index < -0.39 is 5.60 Å². The summed E-state index contributed by atoms with van der Waals surface area (Å²) in [6, 6.07) is 0. The normalized spacial score (nSPS) is 29.8. The third-order valence-corrected chi connectivity index (χ3v) is 4.29. The van der Waals surface area contributed by atoms with Gasteiger partial charge in [-0.15, -0.1) is 11.3 Å². The second kappa shape index (κ2) is 4.34. The van der Waals surface area contributed by atoms with Crippen molar-refractivity contribution in [2.24, 2.45) is 0 Å². The highest BCUT2D eigenvalue weighted by molar-refractivity contribution is 7.09. The summed E-state index contributed by atoms with van der Waals surface area (Å²) in [6.07, 6.45) is 1.22. The Morgan fingerprint density at radius 1 is 1.59 bits per heavy atom. The highest BCUT2D eigenvalue weighted by atomic mass is 32.1. The number of ether oxygens (including phenoxy) is 1. The molecular formula is C13H21NO2S.